The van der Waals surface area contributed by atoms with Crippen molar-refractivity contribution in [2.75, 3.05) is 13.6 Å². The number of hydrogen-bond donors (Lipinski definition) is 1. The first kappa shape index (κ1) is 11.6. The smallest absolute Gasteiger partial charge is 0.0268 e. The van der Waals surface area contributed by atoms with Crippen molar-refractivity contribution in [1.82, 2.24) is 10.2 Å². The number of fused-ring (bicyclic) bond motifs is 2. The van der Waals surface area contributed by atoms with E-state index in [4.69, 9.17) is 0 Å². The van der Waals surface area contributed by atoms with Crippen LogP contribution < -0.4 is 5.32 Å². The maximum Gasteiger partial charge on any atom is 0.0268 e. The van der Waals surface area contributed by atoms with Gasteiger partial charge in [0.15, 0.2) is 0 Å². The molecule has 0 aromatic rings. The van der Waals surface area contributed by atoms with E-state index < -0.39 is 0 Å². The first-order valence-electron chi connectivity index (χ1n) is 5.95. The summed E-state index contributed by atoms with van der Waals surface area (Å²) in [7, 11) is 2.30. The molecule has 3 heteroatoms. The molecule has 2 saturated heterocycles. The van der Waals surface area contributed by atoms with Gasteiger partial charge in [0.1, 0.15) is 0 Å². The van der Waals surface area contributed by atoms with Crippen LogP contribution in [0.5, 0.6) is 0 Å². The van der Waals surface area contributed by atoms with Crippen molar-refractivity contribution in [3.05, 3.63) is 11.1 Å². The van der Waals surface area contributed by atoms with Crippen LogP contribution in [0.1, 0.15) is 32.1 Å². The second-order valence-corrected chi connectivity index (χ2v) is 6.09. The van der Waals surface area contributed by atoms with Crippen LogP contribution >= 0.6 is 15.9 Å². The number of piperidine rings is 2. The van der Waals surface area contributed by atoms with E-state index in [1.165, 1.54) is 32.1 Å². The van der Waals surface area contributed by atoms with Crippen LogP contribution in [0.25, 0.3) is 0 Å². The van der Waals surface area contributed by atoms with E-state index in [9.17, 15) is 0 Å². The summed E-state index contributed by atoms with van der Waals surface area (Å²) in [5, 5.41) is 3.60. The number of halogens is 1. The molecule has 0 aromatic carbocycles. The minimum absolute atomic E-state index is 0.700. The van der Waals surface area contributed by atoms with Gasteiger partial charge < -0.3 is 10.2 Å². The lowest BCUT2D eigenvalue weighted by Gasteiger charge is -2.47. The summed E-state index contributed by atoms with van der Waals surface area (Å²) in [5.74, 6) is 0. The summed E-state index contributed by atoms with van der Waals surface area (Å²) in [4.78, 5) is 2.60. The van der Waals surface area contributed by atoms with Gasteiger partial charge in [0.25, 0.3) is 0 Å². The predicted molar refractivity (Wildman–Crippen MR) is 68.3 cm³/mol. The van der Waals surface area contributed by atoms with Gasteiger partial charge in [-0.05, 0) is 32.7 Å². The van der Waals surface area contributed by atoms with Crippen LogP contribution in [-0.2, 0) is 0 Å². The predicted octanol–water partition coefficient (Wildman–Crippen LogP) is 2.50. The zero-order valence-electron chi connectivity index (χ0n) is 9.51. The molecule has 15 heavy (non-hydrogen) atoms. The van der Waals surface area contributed by atoms with Crippen LogP contribution in [0.2, 0.25) is 0 Å². The SMILES string of the molecule is C=C(Br)CNC1CC2CCCC(C1)N2C. The van der Waals surface area contributed by atoms with Crippen molar-refractivity contribution in [2.45, 2.75) is 50.2 Å². The fourth-order valence-corrected chi connectivity index (χ4v) is 3.20. The van der Waals surface area contributed by atoms with Crippen LogP contribution in [0.4, 0.5) is 0 Å². The van der Waals surface area contributed by atoms with Gasteiger partial charge in [0, 0.05) is 29.2 Å². The molecule has 0 aliphatic carbocycles. The van der Waals surface area contributed by atoms with Crippen molar-refractivity contribution in [1.29, 1.82) is 0 Å². The van der Waals surface area contributed by atoms with E-state index in [1.54, 1.807) is 0 Å². The molecule has 0 saturated carbocycles. The lowest BCUT2D eigenvalue weighted by atomic mass is 9.82. The Bertz CT molecular complexity index is 228. The van der Waals surface area contributed by atoms with Crippen molar-refractivity contribution < 1.29 is 0 Å². The van der Waals surface area contributed by atoms with Crippen LogP contribution in [-0.4, -0.2) is 36.6 Å². The lowest BCUT2D eigenvalue weighted by Crippen LogP contribution is -2.54. The molecule has 0 amide bonds. The highest BCUT2D eigenvalue weighted by Crippen LogP contribution is 2.32. The number of hydrogen-bond acceptors (Lipinski definition) is 2. The third kappa shape index (κ3) is 2.83. The van der Waals surface area contributed by atoms with Gasteiger partial charge in [-0.25, -0.2) is 0 Å². The second-order valence-electron chi connectivity index (χ2n) is 4.97. The first-order chi connectivity index (χ1) is 7.16. The van der Waals surface area contributed by atoms with Gasteiger partial charge in [0.2, 0.25) is 0 Å². The fraction of sp³-hybridized carbons (Fsp3) is 0.833. The summed E-state index contributed by atoms with van der Waals surface area (Å²) in [5.41, 5.74) is 0. The lowest BCUT2D eigenvalue weighted by molar-refractivity contribution is 0.0494. The van der Waals surface area contributed by atoms with Crippen LogP contribution in [0.15, 0.2) is 11.1 Å². The molecule has 2 rings (SSSR count). The maximum atomic E-state index is 3.87. The normalized spacial score (nSPS) is 36.5. The highest BCUT2D eigenvalue weighted by Gasteiger charge is 2.35. The van der Waals surface area contributed by atoms with Gasteiger partial charge in [-0.2, -0.15) is 0 Å². The Labute approximate surface area is 101 Å². The van der Waals surface area contributed by atoms with E-state index in [2.05, 4.69) is 39.8 Å². The minimum atomic E-state index is 0.700. The zero-order chi connectivity index (χ0) is 10.8. The number of nitrogens with zero attached hydrogens (tertiary/aromatic N) is 1. The Kier molecular flexibility index (Phi) is 3.86. The third-order valence-corrected chi connectivity index (χ3v) is 4.20. The molecule has 0 spiro atoms. The molecular formula is C12H21BrN2. The molecule has 2 aliphatic rings. The molecule has 0 aromatic heterocycles. The molecule has 2 unspecified atom stereocenters. The first-order valence-corrected chi connectivity index (χ1v) is 6.74. The average Bonchev–Trinajstić information content (AvgIpc) is 2.15. The third-order valence-electron chi connectivity index (χ3n) is 3.92. The summed E-state index contributed by atoms with van der Waals surface area (Å²) in [6.45, 7) is 4.78. The van der Waals surface area contributed by atoms with Crippen LogP contribution in [0, 0.1) is 0 Å². The summed E-state index contributed by atoms with van der Waals surface area (Å²) in [6.07, 6.45) is 6.83. The monoisotopic (exact) mass is 272 g/mol. The molecule has 0 radical (unpaired) electrons. The quantitative estimate of drug-likeness (QED) is 0.850. The van der Waals surface area contributed by atoms with Crippen molar-refractivity contribution in [3.63, 3.8) is 0 Å². The number of rotatable bonds is 3. The second kappa shape index (κ2) is 4.98. The Balaban J connectivity index is 1.87. The van der Waals surface area contributed by atoms with Gasteiger partial charge in [-0.1, -0.05) is 28.9 Å². The highest BCUT2D eigenvalue weighted by atomic mass is 79.9. The molecule has 2 nitrogen and oxygen atoms in total. The molecule has 2 heterocycles. The number of nitrogens with one attached hydrogen (secondary N) is 1. The largest absolute Gasteiger partial charge is 0.309 e. The molecule has 2 fully saturated rings. The van der Waals surface area contributed by atoms with Gasteiger partial charge in [-0.15, -0.1) is 0 Å². The van der Waals surface area contributed by atoms with Crippen molar-refractivity contribution in [2.24, 2.45) is 0 Å². The van der Waals surface area contributed by atoms with E-state index in [-0.39, 0.29) is 0 Å². The molecule has 86 valence electrons. The van der Waals surface area contributed by atoms with Gasteiger partial charge >= 0.3 is 0 Å². The summed E-state index contributed by atoms with van der Waals surface area (Å²) < 4.78 is 1.06. The molecule has 1 N–H and O–H groups in total. The van der Waals surface area contributed by atoms with Gasteiger partial charge in [0.05, 0.1) is 0 Å². The van der Waals surface area contributed by atoms with Crippen molar-refractivity contribution >= 4 is 15.9 Å². The summed E-state index contributed by atoms with van der Waals surface area (Å²) in [6, 6.07) is 2.34. The molecule has 2 bridgehead atoms. The Morgan fingerprint density at radius 3 is 2.53 bits per heavy atom. The molecular weight excluding hydrogens is 252 g/mol. The van der Waals surface area contributed by atoms with E-state index in [0.717, 1.165) is 23.1 Å². The fourth-order valence-electron chi connectivity index (χ4n) is 3.04. The topological polar surface area (TPSA) is 15.3 Å². The standard InChI is InChI=1S/C12H21BrN2/c1-9(13)8-14-10-6-11-4-3-5-12(7-10)15(11)2/h10-12,14H,1,3-8H2,2H3. The van der Waals surface area contributed by atoms with Crippen LogP contribution in [0.3, 0.4) is 0 Å². The van der Waals surface area contributed by atoms with Crippen molar-refractivity contribution in [3.8, 4) is 0 Å². The zero-order valence-corrected chi connectivity index (χ0v) is 11.1. The molecule has 2 atom stereocenters. The van der Waals surface area contributed by atoms with Gasteiger partial charge in [-0.3, -0.25) is 0 Å². The average molecular weight is 273 g/mol. The minimum Gasteiger partial charge on any atom is -0.309 e. The Morgan fingerprint density at radius 1 is 1.40 bits per heavy atom. The molecule has 2 aliphatic heterocycles. The maximum absolute atomic E-state index is 3.87. The Hall–Kier alpha value is 0.140. The Morgan fingerprint density at radius 2 is 2.00 bits per heavy atom. The summed E-state index contributed by atoms with van der Waals surface area (Å²) >= 11 is 3.41. The highest BCUT2D eigenvalue weighted by molar-refractivity contribution is 9.11. The van der Waals surface area contributed by atoms with E-state index in [0.29, 0.717) is 6.04 Å². The van der Waals surface area contributed by atoms with E-state index >= 15 is 0 Å². The van der Waals surface area contributed by atoms with E-state index in [1.807, 2.05) is 0 Å².